The zero-order chi connectivity index (χ0) is 19.2. The van der Waals surface area contributed by atoms with Crippen molar-refractivity contribution in [2.75, 3.05) is 11.1 Å². The van der Waals surface area contributed by atoms with Crippen molar-refractivity contribution in [2.24, 2.45) is 5.92 Å². The number of benzene rings is 2. The van der Waals surface area contributed by atoms with Crippen LogP contribution in [0.4, 0.5) is 10.1 Å². The molecular formula is C21H23FN2O2S. The Bertz CT molecular complexity index is 779. The van der Waals surface area contributed by atoms with E-state index in [1.54, 1.807) is 6.92 Å². The van der Waals surface area contributed by atoms with E-state index < -0.39 is 0 Å². The van der Waals surface area contributed by atoms with Crippen molar-refractivity contribution in [3.63, 3.8) is 0 Å². The molecule has 2 aromatic carbocycles. The lowest BCUT2D eigenvalue weighted by Gasteiger charge is -2.21. The van der Waals surface area contributed by atoms with E-state index in [0.717, 1.165) is 18.4 Å². The summed E-state index contributed by atoms with van der Waals surface area (Å²) in [4.78, 5) is 24.6. The van der Waals surface area contributed by atoms with Gasteiger partial charge in [-0.3, -0.25) is 9.59 Å². The molecular weight excluding hydrogens is 363 g/mol. The summed E-state index contributed by atoms with van der Waals surface area (Å²) in [6, 6.07) is 15.6. The maximum Gasteiger partial charge on any atom is 0.234 e. The molecule has 1 saturated carbocycles. The number of hydrogen-bond acceptors (Lipinski definition) is 3. The molecule has 2 unspecified atom stereocenters. The third kappa shape index (κ3) is 5.82. The Morgan fingerprint density at radius 1 is 1.11 bits per heavy atom. The highest BCUT2D eigenvalue weighted by atomic mass is 32.2. The average Bonchev–Trinajstić information content (AvgIpc) is 3.51. The third-order valence-corrected chi connectivity index (χ3v) is 5.65. The molecule has 27 heavy (non-hydrogen) atoms. The first-order valence-corrected chi connectivity index (χ1v) is 10.1. The zero-order valence-electron chi connectivity index (χ0n) is 15.2. The van der Waals surface area contributed by atoms with Crippen molar-refractivity contribution in [1.29, 1.82) is 0 Å². The Balaban J connectivity index is 1.48. The van der Waals surface area contributed by atoms with Gasteiger partial charge in [0.25, 0.3) is 0 Å². The third-order valence-electron chi connectivity index (χ3n) is 4.51. The van der Waals surface area contributed by atoms with Crippen LogP contribution >= 0.6 is 11.8 Å². The van der Waals surface area contributed by atoms with E-state index in [-0.39, 0.29) is 34.7 Å². The van der Waals surface area contributed by atoms with Crippen molar-refractivity contribution in [3.05, 3.63) is 66.0 Å². The van der Waals surface area contributed by atoms with Crippen LogP contribution < -0.4 is 10.6 Å². The number of hydrogen-bond donors (Lipinski definition) is 2. The molecule has 3 rings (SSSR count). The summed E-state index contributed by atoms with van der Waals surface area (Å²) in [5, 5.41) is 5.50. The van der Waals surface area contributed by atoms with Crippen LogP contribution in [0, 0.1) is 11.7 Å². The number of carbonyl (C=O) groups excluding carboxylic acids is 2. The van der Waals surface area contributed by atoms with Crippen LogP contribution in [-0.4, -0.2) is 22.8 Å². The second-order valence-electron chi connectivity index (χ2n) is 6.74. The number of nitrogens with one attached hydrogen (secondary N) is 2. The number of rotatable bonds is 8. The molecule has 4 nitrogen and oxygen atoms in total. The summed E-state index contributed by atoms with van der Waals surface area (Å²) in [6.45, 7) is 1.81. The number of thioether (sulfide) groups is 1. The number of carbonyl (C=O) groups is 2. The van der Waals surface area contributed by atoms with E-state index in [4.69, 9.17) is 0 Å². The summed E-state index contributed by atoms with van der Waals surface area (Å²) in [7, 11) is 0. The Hall–Kier alpha value is -2.34. The minimum Gasteiger partial charge on any atom is -0.348 e. The molecule has 0 bridgehead atoms. The lowest BCUT2D eigenvalue weighted by Crippen LogP contribution is -2.36. The largest absolute Gasteiger partial charge is 0.348 e. The summed E-state index contributed by atoms with van der Waals surface area (Å²) in [5.74, 6) is 0.0285. The van der Waals surface area contributed by atoms with E-state index >= 15 is 0 Å². The molecule has 1 aliphatic carbocycles. The van der Waals surface area contributed by atoms with Crippen molar-refractivity contribution < 1.29 is 14.0 Å². The molecule has 0 aromatic heterocycles. The SMILES string of the molecule is CC(SCC(=O)Nc1ccc(F)cc1)C(=O)NC(c1ccccc1)C1CC1. The summed E-state index contributed by atoms with van der Waals surface area (Å²) in [5.41, 5.74) is 1.66. The first kappa shape index (κ1) is 19.4. The average molecular weight is 386 g/mol. The topological polar surface area (TPSA) is 58.2 Å². The summed E-state index contributed by atoms with van der Waals surface area (Å²) < 4.78 is 12.9. The van der Waals surface area contributed by atoms with Gasteiger partial charge >= 0.3 is 0 Å². The fourth-order valence-electron chi connectivity index (χ4n) is 2.84. The van der Waals surface area contributed by atoms with Gasteiger partial charge in [0.05, 0.1) is 17.0 Å². The smallest absolute Gasteiger partial charge is 0.234 e. The highest BCUT2D eigenvalue weighted by Gasteiger charge is 2.34. The van der Waals surface area contributed by atoms with E-state index in [2.05, 4.69) is 10.6 Å². The Morgan fingerprint density at radius 3 is 2.41 bits per heavy atom. The minimum atomic E-state index is -0.351. The second kappa shape index (κ2) is 9.04. The summed E-state index contributed by atoms with van der Waals surface area (Å²) >= 11 is 1.29. The maximum absolute atomic E-state index is 12.9. The quantitative estimate of drug-likeness (QED) is 0.716. The monoisotopic (exact) mass is 386 g/mol. The van der Waals surface area contributed by atoms with Crippen LogP contribution in [0.5, 0.6) is 0 Å². The Morgan fingerprint density at radius 2 is 1.78 bits per heavy atom. The van der Waals surface area contributed by atoms with Gasteiger partial charge in [0.2, 0.25) is 11.8 Å². The van der Waals surface area contributed by atoms with E-state index in [0.29, 0.717) is 11.6 Å². The molecule has 1 fully saturated rings. The molecule has 0 radical (unpaired) electrons. The summed E-state index contributed by atoms with van der Waals surface area (Å²) in [6.07, 6.45) is 2.25. The fraction of sp³-hybridized carbons (Fsp3) is 0.333. The Kier molecular flexibility index (Phi) is 6.50. The van der Waals surface area contributed by atoms with Gasteiger partial charge in [-0.05, 0) is 55.5 Å². The highest BCUT2D eigenvalue weighted by molar-refractivity contribution is 8.01. The second-order valence-corrected chi connectivity index (χ2v) is 8.07. The first-order chi connectivity index (χ1) is 13.0. The molecule has 2 atom stereocenters. The van der Waals surface area contributed by atoms with Crippen LogP contribution in [-0.2, 0) is 9.59 Å². The zero-order valence-corrected chi connectivity index (χ0v) is 16.0. The van der Waals surface area contributed by atoms with Crippen molar-refractivity contribution in [1.82, 2.24) is 5.32 Å². The van der Waals surface area contributed by atoms with Crippen LogP contribution in [0.1, 0.15) is 31.4 Å². The molecule has 0 spiro atoms. The normalized spacial score (nSPS) is 15.6. The van der Waals surface area contributed by atoms with E-state index in [1.807, 2.05) is 30.3 Å². The van der Waals surface area contributed by atoms with E-state index in [9.17, 15) is 14.0 Å². The van der Waals surface area contributed by atoms with Crippen LogP contribution in [0.2, 0.25) is 0 Å². The molecule has 6 heteroatoms. The van der Waals surface area contributed by atoms with Crippen LogP contribution in [0.25, 0.3) is 0 Å². The predicted octanol–water partition coefficient (Wildman–Crippen LogP) is 4.15. The minimum absolute atomic E-state index is 0.0368. The highest BCUT2D eigenvalue weighted by Crippen LogP contribution is 2.41. The lowest BCUT2D eigenvalue weighted by molar-refractivity contribution is -0.121. The van der Waals surface area contributed by atoms with Gasteiger partial charge in [0.1, 0.15) is 5.82 Å². The van der Waals surface area contributed by atoms with Gasteiger partial charge in [0, 0.05) is 5.69 Å². The van der Waals surface area contributed by atoms with Gasteiger partial charge < -0.3 is 10.6 Å². The fourth-order valence-corrected chi connectivity index (χ4v) is 3.53. The van der Waals surface area contributed by atoms with Crippen molar-refractivity contribution in [2.45, 2.75) is 31.1 Å². The number of halogens is 1. The molecule has 0 saturated heterocycles. The molecule has 2 aromatic rings. The molecule has 1 aliphatic rings. The van der Waals surface area contributed by atoms with Gasteiger partial charge in [-0.15, -0.1) is 11.8 Å². The number of amides is 2. The lowest BCUT2D eigenvalue weighted by atomic mass is 10.0. The standard InChI is InChI=1S/C21H23FN2O2S/c1-14(27-13-19(25)23-18-11-9-17(22)10-12-18)21(26)24-20(16-7-8-16)15-5-3-2-4-6-15/h2-6,9-12,14,16,20H,7-8,13H2,1H3,(H,23,25)(H,24,26). The van der Waals surface area contributed by atoms with Gasteiger partial charge in [-0.2, -0.15) is 0 Å². The van der Waals surface area contributed by atoms with Gasteiger partial charge in [0.15, 0.2) is 0 Å². The maximum atomic E-state index is 12.9. The molecule has 0 heterocycles. The predicted molar refractivity (Wildman–Crippen MR) is 107 cm³/mol. The van der Waals surface area contributed by atoms with Gasteiger partial charge in [-0.25, -0.2) is 4.39 Å². The van der Waals surface area contributed by atoms with Crippen LogP contribution in [0.3, 0.4) is 0 Å². The molecule has 0 aliphatic heterocycles. The molecule has 2 amide bonds. The number of anilines is 1. The van der Waals surface area contributed by atoms with Gasteiger partial charge in [-0.1, -0.05) is 30.3 Å². The van der Waals surface area contributed by atoms with Crippen molar-refractivity contribution in [3.8, 4) is 0 Å². The molecule has 142 valence electrons. The van der Waals surface area contributed by atoms with Crippen LogP contribution in [0.15, 0.2) is 54.6 Å². The van der Waals surface area contributed by atoms with Crippen molar-refractivity contribution >= 4 is 29.3 Å². The Labute approximate surface area is 162 Å². The van der Waals surface area contributed by atoms with E-state index in [1.165, 1.54) is 36.0 Å². The first-order valence-electron chi connectivity index (χ1n) is 9.05. The molecule has 2 N–H and O–H groups in total.